The minimum atomic E-state index is 0.0739. The monoisotopic (exact) mass is 429 g/mol. The molecule has 3 aromatic carbocycles. The first-order chi connectivity index (χ1) is 15.2. The van der Waals surface area contributed by atoms with Gasteiger partial charge in [0.05, 0.1) is 12.3 Å². The zero-order chi connectivity index (χ0) is 21.2. The van der Waals surface area contributed by atoms with Crippen molar-refractivity contribution in [3.8, 4) is 22.5 Å². The number of nitrogens with zero attached hydrogens (tertiary/aromatic N) is 3. The molecule has 5 rings (SSSR count). The van der Waals surface area contributed by atoms with Gasteiger partial charge in [0, 0.05) is 23.7 Å². The predicted molar refractivity (Wildman–Crippen MR) is 120 cm³/mol. The minimum absolute atomic E-state index is 0.0739. The Morgan fingerprint density at radius 2 is 1.65 bits per heavy atom. The number of benzene rings is 3. The third kappa shape index (κ3) is 4.23. The minimum Gasteiger partial charge on any atom is -0.341 e. The number of likely N-dealkylation sites (tertiary alicyclic amines) is 1. The molecule has 1 amide bonds. The van der Waals surface area contributed by atoms with E-state index < -0.39 is 0 Å². The Morgan fingerprint density at radius 1 is 0.935 bits per heavy atom. The molecule has 154 valence electrons. The van der Waals surface area contributed by atoms with Gasteiger partial charge < -0.3 is 9.42 Å². The lowest BCUT2D eigenvalue weighted by atomic mass is 9.98. The number of hydrogen-bond acceptors (Lipinski definition) is 4. The maximum absolute atomic E-state index is 12.6. The molecule has 6 heteroatoms. The van der Waals surface area contributed by atoms with Gasteiger partial charge in [0.15, 0.2) is 0 Å². The van der Waals surface area contributed by atoms with Crippen LogP contribution in [0.2, 0.25) is 5.02 Å². The molecule has 0 aliphatic carbocycles. The molecule has 2 heterocycles. The number of aromatic nitrogens is 2. The van der Waals surface area contributed by atoms with E-state index in [1.165, 1.54) is 5.56 Å². The number of carbonyl (C=O) groups excluding carboxylic acids is 1. The summed E-state index contributed by atoms with van der Waals surface area (Å²) in [6, 6.07) is 25.7. The summed E-state index contributed by atoms with van der Waals surface area (Å²) in [7, 11) is 0. The Kier molecular flexibility index (Phi) is 5.26. The van der Waals surface area contributed by atoms with Gasteiger partial charge in [-0.2, -0.15) is 4.98 Å². The van der Waals surface area contributed by atoms with Gasteiger partial charge in [0.1, 0.15) is 0 Å². The van der Waals surface area contributed by atoms with E-state index in [4.69, 9.17) is 16.1 Å². The highest BCUT2D eigenvalue weighted by Crippen LogP contribution is 2.29. The highest BCUT2D eigenvalue weighted by atomic mass is 35.5. The fraction of sp³-hybridized carbons (Fsp3) is 0.160. The second kappa shape index (κ2) is 8.36. The quantitative estimate of drug-likeness (QED) is 0.436. The summed E-state index contributed by atoms with van der Waals surface area (Å²) >= 11 is 6.03. The van der Waals surface area contributed by atoms with Crippen LogP contribution in [0.15, 0.2) is 83.4 Å². The van der Waals surface area contributed by atoms with Crippen LogP contribution in [0.3, 0.4) is 0 Å². The molecule has 1 aromatic heterocycles. The largest absolute Gasteiger partial charge is 0.341 e. The van der Waals surface area contributed by atoms with Gasteiger partial charge in [-0.1, -0.05) is 83.5 Å². The van der Waals surface area contributed by atoms with E-state index in [2.05, 4.69) is 34.4 Å². The molecule has 1 saturated heterocycles. The lowest BCUT2D eigenvalue weighted by molar-refractivity contribution is -0.135. The van der Waals surface area contributed by atoms with Crippen LogP contribution in [0.25, 0.3) is 22.5 Å². The molecular formula is C25H20ClN3O2. The summed E-state index contributed by atoms with van der Waals surface area (Å²) in [5.74, 6) is 1.26. The summed E-state index contributed by atoms with van der Waals surface area (Å²) in [6.45, 7) is 1.19. The molecule has 1 fully saturated rings. The van der Waals surface area contributed by atoms with Crippen LogP contribution >= 0.6 is 11.6 Å². The second-order valence-electron chi connectivity index (χ2n) is 7.70. The highest BCUT2D eigenvalue weighted by molar-refractivity contribution is 6.30. The SMILES string of the molecule is O=C(Cc1ccc(-c2ccccc2)cc1)N1CC(c2nc(-c3cccc(Cl)c3)no2)C1. The molecule has 5 nitrogen and oxygen atoms in total. The molecule has 31 heavy (non-hydrogen) atoms. The van der Waals surface area contributed by atoms with Crippen molar-refractivity contribution in [1.82, 2.24) is 15.0 Å². The van der Waals surface area contributed by atoms with Crippen LogP contribution < -0.4 is 0 Å². The van der Waals surface area contributed by atoms with E-state index in [-0.39, 0.29) is 11.8 Å². The third-order valence-electron chi connectivity index (χ3n) is 5.52. The predicted octanol–water partition coefficient (Wildman–Crippen LogP) is 5.23. The van der Waals surface area contributed by atoms with Crippen LogP contribution in [-0.4, -0.2) is 34.0 Å². The number of halogens is 1. The number of rotatable bonds is 5. The van der Waals surface area contributed by atoms with Crippen molar-refractivity contribution < 1.29 is 9.32 Å². The molecular weight excluding hydrogens is 410 g/mol. The first-order valence-electron chi connectivity index (χ1n) is 10.2. The second-order valence-corrected chi connectivity index (χ2v) is 8.14. The van der Waals surface area contributed by atoms with E-state index in [9.17, 15) is 4.79 Å². The Morgan fingerprint density at radius 3 is 2.39 bits per heavy atom. The zero-order valence-electron chi connectivity index (χ0n) is 16.7. The standard InChI is InChI=1S/C25H20ClN3O2/c26-22-8-4-7-20(14-22)24-27-25(31-28-24)21-15-29(16-21)23(30)13-17-9-11-19(12-10-17)18-5-2-1-3-6-18/h1-12,14,21H,13,15-16H2. The van der Waals surface area contributed by atoms with E-state index >= 15 is 0 Å². The lowest BCUT2D eigenvalue weighted by Crippen LogP contribution is -2.49. The summed E-state index contributed by atoms with van der Waals surface area (Å²) in [5, 5.41) is 4.68. The molecule has 0 saturated carbocycles. The molecule has 0 radical (unpaired) electrons. The van der Waals surface area contributed by atoms with E-state index in [0.717, 1.165) is 16.7 Å². The molecule has 0 atom stereocenters. The molecule has 1 aliphatic rings. The van der Waals surface area contributed by atoms with Gasteiger partial charge in [0.2, 0.25) is 17.6 Å². The molecule has 4 aromatic rings. The van der Waals surface area contributed by atoms with Crippen molar-refractivity contribution >= 4 is 17.5 Å². The maximum atomic E-state index is 12.6. The zero-order valence-corrected chi connectivity index (χ0v) is 17.5. The molecule has 0 bridgehead atoms. The Bertz CT molecular complexity index is 1200. The Labute approximate surface area is 185 Å². The van der Waals surface area contributed by atoms with Crippen molar-refractivity contribution in [2.24, 2.45) is 0 Å². The molecule has 1 aliphatic heterocycles. The van der Waals surface area contributed by atoms with Crippen LogP contribution in [0.1, 0.15) is 17.4 Å². The summed E-state index contributed by atoms with van der Waals surface area (Å²) in [4.78, 5) is 19.0. The molecule has 0 unspecified atom stereocenters. The van der Waals surface area contributed by atoms with Gasteiger partial charge >= 0.3 is 0 Å². The third-order valence-corrected chi connectivity index (χ3v) is 5.76. The van der Waals surface area contributed by atoms with Crippen molar-refractivity contribution in [1.29, 1.82) is 0 Å². The van der Waals surface area contributed by atoms with Crippen molar-refractivity contribution in [3.05, 3.63) is 95.3 Å². The first-order valence-corrected chi connectivity index (χ1v) is 10.6. The van der Waals surface area contributed by atoms with E-state index in [1.807, 2.05) is 47.4 Å². The number of carbonyl (C=O) groups is 1. The fourth-order valence-electron chi connectivity index (χ4n) is 3.72. The normalized spacial score (nSPS) is 13.8. The Balaban J connectivity index is 1.17. The van der Waals surface area contributed by atoms with Gasteiger partial charge in [-0.15, -0.1) is 0 Å². The van der Waals surface area contributed by atoms with Gasteiger partial charge in [-0.25, -0.2) is 0 Å². The van der Waals surface area contributed by atoms with E-state index in [1.54, 1.807) is 12.1 Å². The van der Waals surface area contributed by atoms with Crippen LogP contribution in [0.5, 0.6) is 0 Å². The lowest BCUT2D eigenvalue weighted by Gasteiger charge is -2.37. The van der Waals surface area contributed by atoms with Crippen molar-refractivity contribution in [2.45, 2.75) is 12.3 Å². The highest BCUT2D eigenvalue weighted by Gasteiger charge is 2.35. The van der Waals surface area contributed by atoms with Crippen molar-refractivity contribution in [2.75, 3.05) is 13.1 Å². The first kappa shape index (κ1) is 19.5. The maximum Gasteiger partial charge on any atom is 0.233 e. The van der Waals surface area contributed by atoms with E-state index in [0.29, 0.717) is 36.2 Å². The summed E-state index contributed by atoms with van der Waals surface area (Å²) in [5.41, 5.74) is 4.14. The smallest absolute Gasteiger partial charge is 0.233 e. The summed E-state index contributed by atoms with van der Waals surface area (Å²) in [6.07, 6.45) is 0.388. The number of amides is 1. The van der Waals surface area contributed by atoms with Crippen molar-refractivity contribution in [3.63, 3.8) is 0 Å². The molecule has 0 N–H and O–H groups in total. The number of hydrogen-bond donors (Lipinski definition) is 0. The average molecular weight is 430 g/mol. The average Bonchev–Trinajstić information content (AvgIpc) is 3.24. The van der Waals surface area contributed by atoms with Crippen LogP contribution in [0.4, 0.5) is 0 Å². The molecule has 0 spiro atoms. The van der Waals surface area contributed by atoms with Gasteiger partial charge in [-0.05, 0) is 28.8 Å². The summed E-state index contributed by atoms with van der Waals surface area (Å²) < 4.78 is 5.42. The Hall–Kier alpha value is -3.44. The fourth-order valence-corrected chi connectivity index (χ4v) is 3.91. The van der Waals surface area contributed by atoms with Gasteiger partial charge in [-0.3, -0.25) is 4.79 Å². The van der Waals surface area contributed by atoms with Crippen LogP contribution in [0, 0.1) is 0 Å². The van der Waals surface area contributed by atoms with Gasteiger partial charge in [0.25, 0.3) is 0 Å². The van der Waals surface area contributed by atoms with Crippen LogP contribution in [-0.2, 0) is 11.2 Å². The topological polar surface area (TPSA) is 59.2 Å².